The minimum atomic E-state index is 1.00. The van der Waals surface area contributed by atoms with Gasteiger partial charge in [0.05, 0.1) is 0 Å². The molecule has 1 heterocycles. The van der Waals surface area contributed by atoms with Gasteiger partial charge in [-0.1, -0.05) is 12.1 Å². The Morgan fingerprint density at radius 3 is 1.71 bits per heavy atom. The van der Waals surface area contributed by atoms with E-state index in [1.54, 1.807) is 11.3 Å². The molecule has 0 spiro atoms. The van der Waals surface area contributed by atoms with Crippen molar-refractivity contribution < 1.29 is 5.11 Å². The van der Waals surface area contributed by atoms with Crippen LogP contribution in [0.25, 0.3) is 0 Å². The average Bonchev–Trinajstić information content (AvgIpc) is 2.23. The van der Waals surface area contributed by atoms with Gasteiger partial charge in [-0.25, -0.2) is 0 Å². The summed E-state index contributed by atoms with van der Waals surface area (Å²) in [5.41, 5.74) is 0. The first-order valence-corrected chi connectivity index (χ1v) is 2.86. The SMILES string of the molecule is CO.c1ccsc1. The summed E-state index contributed by atoms with van der Waals surface area (Å²) in [4.78, 5) is 0. The van der Waals surface area contributed by atoms with Crippen LogP contribution in [0.2, 0.25) is 0 Å². The molecule has 0 aromatic carbocycles. The van der Waals surface area contributed by atoms with Crippen LogP contribution >= 0.6 is 11.3 Å². The van der Waals surface area contributed by atoms with Crippen LogP contribution in [0.1, 0.15) is 0 Å². The minimum Gasteiger partial charge on any atom is -0.400 e. The molecule has 1 N–H and O–H groups in total. The molecule has 1 nitrogen and oxygen atoms in total. The predicted molar refractivity (Wildman–Crippen MR) is 32.5 cm³/mol. The molecule has 0 atom stereocenters. The number of hydrogen-bond donors (Lipinski definition) is 1. The zero-order valence-electron chi connectivity index (χ0n) is 4.16. The summed E-state index contributed by atoms with van der Waals surface area (Å²) in [6.45, 7) is 0. The van der Waals surface area contributed by atoms with E-state index in [0.717, 1.165) is 7.11 Å². The Balaban J connectivity index is 0.000000162. The van der Waals surface area contributed by atoms with Gasteiger partial charge in [-0.15, -0.1) is 0 Å². The van der Waals surface area contributed by atoms with Crippen LogP contribution in [0.15, 0.2) is 22.9 Å². The molecule has 0 bridgehead atoms. The quantitative estimate of drug-likeness (QED) is 0.542. The van der Waals surface area contributed by atoms with Crippen LogP contribution < -0.4 is 0 Å². The molecular weight excluding hydrogens is 108 g/mol. The van der Waals surface area contributed by atoms with E-state index in [2.05, 4.69) is 0 Å². The monoisotopic (exact) mass is 116 g/mol. The molecular formula is C5H8OS. The lowest BCUT2D eigenvalue weighted by Gasteiger charge is -1.39. The molecule has 1 aromatic heterocycles. The van der Waals surface area contributed by atoms with E-state index < -0.39 is 0 Å². The summed E-state index contributed by atoms with van der Waals surface area (Å²) in [6, 6.07) is 4.04. The summed E-state index contributed by atoms with van der Waals surface area (Å²) in [6.07, 6.45) is 0. The maximum atomic E-state index is 7.00. The van der Waals surface area contributed by atoms with Gasteiger partial charge in [-0.3, -0.25) is 0 Å². The van der Waals surface area contributed by atoms with E-state index in [1.165, 1.54) is 0 Å². The molecule has 0 saturated carbocycles. The van der Waals surface area contributed by atoms with Crippen molar-refractivity contribution in [2.75, 3.05) is 7.11 Å². The predicted octanol–water partition coefficient (Wildman–Crippen LogP) is 1.36. The molecule has 0 fully saturated rings. The number of aliphatic hydroxyl groups is 1. The molecule has 0 amide bonds. The topological polar surface area (TPSA) is 20.2 Å². The molecule has 40 valence electrons. The minimum absolute atomic E-state index is 1.00. The van der Waals surface area contributed by atoms with Crippen molar-refractivity contribution in [2.24, 2.45) is 0 Å². The van der Waals surface area contributed by atoms with Crippen LogP contribution in [0.3, 0.4) is 0 Å². The van der Waals surface area contributed by atoms with Crippen LogP contribution in [0.5, 0.6) is 0 Å². The van der Waals surface area contributed by atoms with Gasteiger partial charge in [-0.2, -0.15) is 11.3 Å². The fourth-order valence-electron chi connectivity index (χ4n) is 0.227. The third kappa shape index (κ3) is 3.49. The van der Waals surface area contributed by atoms with E-state index in [1.807, 2.05) is 22.9 Å². The van der Waals surface area contributed by atoms with Gasteiger partial charge in [0.25, 0.3) is 0 Å². The lowest BCUT2D eigenvalue weighted by molar-refractivity contribution is 0.399. The van der Waals surface area contributed by atoms with Crippen molar-refractivity contribution in [3.8, 4) is 0 Å². The van der Waals surface area contributed by atoms with Crippen molar-refractivity contribution >= 4 is 11.3 Å². The summed E-state index contributed by atoms with van der Waals surface area (Å²) in [7, 11) is 1.00. The maximum Gasteiger partial charge on any atom is 0.0319 e. The first-order chi connectivity index (χ1) is 3.50. The largest absolute Gasteiger partial charge is 0.400 e. The molecule has 0 aliphatic rings. The molecule has 0 aliphatic heterocycles. The van der Waals surface area contributed by atoms with Crippen LogP contribution in [0.4, 0.5) is 0 Å². The Hall–Kier alpha value is -0.340. The van der Waals surface area contributed by atoms with Crippen molar-refractivity contribution in [1.29, 1.82) is 0 Å². The molecule has 0 saturated heterocycles. The second-order valence-corrected chi connectivity index (χ2v) is 1.61. The van der Waals surface area contributed by atoms with Crippen LogP contribution in [-0.2, 0) is 0 Å². The third-order valence-electron chi connectivity index (χ3n) is 0.425. The van der Waals surface area contributed by atoms with Gasteiger partial charge in [0, 0.05) is 7.11 Å². The molecule has 0 unspecified atom stereocenters. The van der Waals surface area contributed by atoms with E-state index in [-0.39, 0.29) is 0 Å². The Morgan fingerprint density at radius 1 is 1.14 bits per heavy atom. The fraction of sp³-hybridized carbons (Fsp3) is 0.200. The summed E-state index contributed by atoms with van der Waals surface area (Å²) >= 11 is 1.71. The van der Waals surface area contributed by atoms with Crippen molar-refractivity contribution in [3.63, 3.8) is 0 Å². The maximum absolute atomic E-state index is 7.00. The molecule has 1 rings (SSSR count). The van der Waals surface area contributed by atoms with Gasteiger partial charge >= 0.3 is 0 Å². The van der Waals surface area contributed by atoms with Crippen molar-refractivity contribution in [1.82, 2.24) is 0 Å². The number of aliphatic hydroxyl groups excluding tert-OH is 1. The lowest BCUT2D eigenvalue weighted by Crippen LogP contribution is -1.25. The van der Waals surface area contributed by atoms with Gasteiger partial charge in [-0.05, 0) is 10.8 Å². The Labute approximate surface area is 47.2 Å². The Kier molecular flexibility index (Phi) is 5.39. The Morgan fingerprint density at radius 2 is 1.57 bits per heavy atom. The number of thiophene rings is 1. The van der Waals surface area contributed by atoms with E-state index in [0.29, 0.717) is 0 Å². The molecule has 0 radical (unpaired) electrons. The smallest absolute Gasteiger partial charge is 0.0319 e. The van der Waals surface area contributed by atoms with Crippen molar-refractivity contribution in [2.45, 2.75) is 0 Å². The highest BCUT2D eigenvalue weighted by Crippen LogP contribution is 1.91. The fourth-order valence-corrected chi connectivity index (χ4v) is 0.680. The molecule has 1 aromatic rings. The summed E-state index contributed by atoms with van der Waals surface area (Å²) in [5.74, 6) is 0. The standard InChI is InChI=1S/C4H4S.CH4O/c1-2-4-5-3-1;1-2/h1-4H;2H,1H3. The van der Waals surface area contributed by atoms with E-state index in [9.17, 15) is 0 Å². The highest BCUT2D eigenvalue weighted by atomic mass is 32.1. The second kappa shape index (κ2) is 5.66. The van der Waals surface area contributed by atoms with E-state index in [4.69, 9.17) is 5.11 Å². The van der Waals surface area contributed by atoms with Crippen LogP contribution in [-0.4, -0.2) is 12.2 Å². The Bertz CT molecular complexity index is 64.6. The summed E-state index contributed by atoms with van der Waals surface area (Å²) < 4.78 is 0. The lowest BCUT2D eigenvalue weighted by atomic mass is 10.7. The number of hydrogen-bond acceptors (Lipinski definition) is 2. The zero-order chi connectivity index (χ0) is 5.54. The average molecular weight is 116 g/mol. The summed E-state index contributed by atoms with van der Waals surface area (Å²) in [5, 5.41) is 11.1. The third-order valence-corrected chi connectivity index (χ3v) is 1.05. The first-order valence-electron chi connectivity index (χ1n) is 1.92. The van der Waals surface area contributed by atoms with Gasteiger partial charge in [0.2, 0.25) is 0 Å². The van der Waals surface area contributed by atoms with Crippen molar-refractivity contribution in [3.05, 3.63) is 22.9 Å². The van der Waals surface area contributed by atoms with Gasteiger partial charge in [0.1, 0.15) is 0 Å². The highest BCUT2D eigenvalue weighted by Gasteiger charge is 1.58. The normalized spacial score (nSPS) is 6.57. The van der Waals surface area contributed by atoms with Crippen LogP contribution in [0, 0.1) is 0 Å². The molecule has 7 heavy (non-hydrogen) atoms. The van der Waals surface area contributed by atoms with Gasteiger partial charge in [0.15, 0.2) is 0 Å². The van der Waals surface area contributed by atoms with E-state index >= 15 is 0 Å². The highest BCUT2D eigenvalue weighted by molar-refractivity contribution is 7.07. The first kappa shape index (κ1) is 6.66. The van der Waals surface area contributed by atoms with Gasteiger partial charge < -0.3 is 5.11 Å². The zero-order valence-corrected chi connectivity index (χ0v) is 4.98. The second-order valence-electron chi connectivity index (χ2n) is 0.793. The molecule has 0 aliphatic carbocycles. The number of rotatable bonds is 0. The molecule has 2 heteroatoms.